The molecule has 3 rings (SSSR count). The second kappa shape index (κ2) is 7.62. The fraction of sp³-hybridized carbons (Fsp3) is 0.333. The lowest BCUT2D eigenvalue weighted by Gasteiger charge is -2.32. The number of aromatic nitrogens is 2. The number of carbonyl (C=O) groups excluding carboxylic acids is 1. The van der Waals surface area contributed by atoms with Gasteiger partial charge in [0.25, 0.3) is 5.91 Å². The third-order valence-corrected chi connectivity index (χ3v) is 4.05. The van der Waals surface area contributed by atoms with Crippen LogP contribution in [0.4, 0.5) is 0 Å². The lowest BCUT2D eigenvalue weighted by Crippen LogP contribution is -2.41. The van der Waals surface area contributed by atoms with Crippen LogP contribution in [0.15, 0.2) is 36.5 Å². The SMILES string of the molecule is COc1nccc(OC2CCN(C(=O)c3cccc(C#N)c3)CC2)n1. The van der Waals surface area contributed by atoms with Crippen molar-refractivity contribution in [3.63, 3.8) is 0 Å². The first-order valence-electron chi connectivity index (χ1n) is 8.02. The number of nitriles is 1. The predicted octanol–water partition coefficient (Wildman–Crippen LogP) is 2.04. The zero-order chi connectivity index (χ0) is 17.6. The molecule has 25 heavy (non-hydrogen) atoms. The third kappa shape index (κ3) is 4.04. The standard InChI is InChI=1S/C18H18N4O3/c1-24-18-20-8-5-16(21-18)25-15-6-9-22(10-7-15)17(23)14-4-2-3-13(11-14)12-19/h2-5,8,11,15H,6-7,9-10H2,1H3. The summed E-state index contributed by atoms with van der Waals surface area (Å²) in [6.45, 7) is 1.20. The van der Waals surface area contributed by atoms with Crippen LogP contribution in [0.5, 0.6) is 11.9 Å². The van der Waals surface area contributed by atoms with Crippen LogP contribution < -0.4 is 9.47 Å². The van der Waals surface area contributed by atoms with Crippen LogP contribution in [-0.4, -0.2) is 47.1 Å². The highest BCUT2D eigenvalue weighted by Gasteiger charge is 2.25. The number of carbonyl (C=O) groups is 1. The van der Waals surface area contributed by atoms with Crippen LogP contribution in [0.1, 0.15) is 28.8 Å². The largest absolute Gasteiger partial charge is 0.474 e. The van der Waals surface area contributed by atoms with E-state index < -0.39 is 0 Å². The number of piperidine rings is 1. The summed E-state index contributed by atoms with van der Waals surface area (Å²) < 4.78 is 10.8. The molecule has 7 heteroatoms. The van der Waals surface area contributed by atoms with Gasteiger partial charge in [0.15, 0.2) is 0 Å². The van der Waals surface area contributed by atoms with Gasteiger partial charge in [0.1, 0.15) is 6.10 Å². The van der Waals surface area contributed by atoms with Gasteiger partial charge in [-0.25, -0.2) is 4.98 Å². The van der Waals surface area contributed by atoms with E-state index in [9.17, 15) is 4.79 Å². The van der Waals surface area contributed by atoms with E-state index in [2.05, 4.69) is 16.0 Å². The lowest BCUT2D eigenvalue weighted by molar-refractivity contribution is 0.0586. The van der Waals surface area contributed by atoms with Gasteiger partial charge in [-0.05, 0) is 18.2 Å². The van der Waals surface area contributed by atoms with E-state index in [0.29, 0.717) is 30.1 Å². The Labute approximate surface area is 145 Å². The van der Waals surface area contributed by atoms with Crippen LogP contribution in [-0.2, 0) is 0 Å². The van der Waals surface area contributed by atoms with Crippen LogP contribution in [0.25, 0.3) is 0 Å². The van der Waals surface area contributed by atoms with E-state index in [4.69, 9.17) is 14.7 Å². The fourth-order valence-electron chi connectivity index (χ4n) is 2.74. The highest BCUT2D eigenvalue weighted by atomic mass is 16.5. The number of ether oxygens (including phenoxy) is 2. The number of hydrogen-bond donors (Lipinski definition) is 0. The molecule has 1 fully saturated rings. The molecule has 1 aliphatic heterocycles. The van der Waals surface area contributed by atoms with Crippen molar-refractivity contribution in [1.82, 2.24) is 14.9 Å². The van der Waals surface area contributed by atoms with Gasteiger partial charge in [0.2, 0.25) is 5.88 Å². The van der Waals surface area contributed by atoms with Crippen molar-refractivity contribution in [1.29, 1.82) is 5.26 Å². The summed E-state index contributed by atoms with van der Waals surface area (Å²) in [4.78, 5) is 22.4. The molecule has 128 valence electrons. The van der Waals surface area contributed by atoms with Crippen LogP contribution in [0.2, 0.25) is 0 Å². The zero-order valence-electron chi connectivity index (χ0n) is 13.9. The molecular formula is C18H18N4O3. The number of likely N-dealkylation sites (tertiary alicyclic amines) is 1. The minimum atomic E-state index is -0.0562. The van der Waals surface area contributed by atoms with Crippen molar-refractivity contribution in [3.05, 3.63) is 47.7 Å². The minimum absolute atomic E-state index is 0.00546. The molecule has 1 saturated heterocycles. The number of benzene rings is 1. The zero-order valence-corrected chi connectivity index (χ0v) is 13.9. The number of nitrogens with zero attached hydrogens (tertiary/aromatic N) is 4. The Morgan fingerprint density at radius 1 is 1.32 bits per heavy atom. The van der Waals surface area contributed by atoms with Gasteiger partial charge in [0.05, 0.1) is 18.7 Å². The minimum Gasteiger partial charge on any atom is -0.474 e. The highest BCUT2D eigenvalue weighted by Crippen LogP contribution is 2.20. The summed E-state index contributed by atoms with van der Waals surface area (Å²) in [5.74, 6) is 0.414. The molecule has 1 aromatic carbocycles. The van der Waals surface area contributed by atoms with Gasteiger partial charge in [-0.1, -0.05) is 6.07 Å². The second-order valence-corrected chi connectivity index (χ2v) is 5.68. The molecule has 0 aliphatic carbocycles. The molecule has 0 N–H and O–H groups in total. The smallest absolute Gasteiger partial charge is 0.319 e. The van der Waals surface area contributed by atoms with Crippen LogP contribution >= 0.6 is 0 Å². The first-order chi connectivity index (χ1) is 12.2. The Bertz CT molecular complexity index is 795. The van der Waals surface area contributed by atoms with Crippen LogP contribution in [0, 0.1) is 11.3 Å². The average Bonchev–Trinajstić information content (AvgIpc) is 2.68. The van der Waals surface area contributed by atoms with Crippen molar-refractivity contribution >= 4 is 5.91 Å². The summed E-state index contributed by atoms with van der Waals surface area (Å²) in [7, 11) is 1.50. The summed E-state index contributed by atoms with van der Waals surface area (Å²) in [6, 6.07) is 10.8. The first kappa shape index (κ1) is 16.7. The lowest BCUT2D eigenvalue weighted by atomic mass is 10.1. The quantitative estimate of drug-likeness (QED) is 0.847. The molecule has 2 aromatic rings. The summed E-state index contributed by atoms with van der Waals surface area (Å²) >= 11 is 0. The molecule has 2 heterocycles. The molecule has 7 nitrogen and oxygen atoms in total. The molecule has 0 spiro atoms. The fourth-order valence-corrected chi connectivity index (χ4v) is 2.74. The first-order valence-corrected chi connectivity index (χ1v) is 8.02. The third-order valence-electron chi connectivity index (χ3n) is 4.05. The second-order valence-electron chi connectivity index (χ2n) is 5.68. The monoisotopic (exact) mass is 338 g/mol. The predicted molar refractivity (Wildman–Crippen MR) is 89.3 cm³/mol. The maximum atomic E-state index is 12.6. The molecule has 0 unspecified atom stereocenters. The van der Waals surface area contributed by atoms with Gasteiger partial charge in [-0.3, -0.25) is 4.79 Å². The summed E-state index contributed by atoms with van der Waals surface area (Å²) in [6.07, 6.45) is 3.02. The van der Waals surface area contributed by atoms with E-state index >= 15 is 0 Å². The highest BCUT2D eigenvalue weighted by molar-refractivity contribution is 5.94. The number of hydrogen-bond acceptors (Lipinski definition) is 6. The molecule has 1 aromatic heterocycles. The maximum absolute atomic E-state index is 12.6. The molecular weight excluding hydrogens is 320 g/mol. The normalized spacial score (nSPS) is 14.6. The Hall–Kier alpha value is -3.14. The molecule has 0 atom stereocenters. The number of rotatable bonds is 4. The van der Waals surface area contributed by atoms with Gasteiger partial charge in [-0.2, -0.15) is 10.2 Å². The Balaban J connectivity index is 1.57. The van der Waals surface area contributed by atoms with Gasteiger partial charge < -0.3 is 14.4 Å². The number of amides is 1. The van der Waals surface area contributed by atoms with Gasteiger partial charge in [-0.15, -0.1) is 0 Å². The van der Waals surface area contributed by atoms with Crippen molar-refractivity contribution in [2.45, 2.75) is 18.9 Å². The van der Waals surface area contributed by atoms with Crippen molar-refractivity contribution in [3.8, 4) is 18.0 Å². The van der Waals surface area contributed by atoms with Crippen molar-refractivity contribution in [2.75, 3.05) is 20.2 Å². The van der Waals surface area contributed by atoms with E-state index in [1.807, 2.05) is 0 Å². The molecule has 0 radical (unpaired) electrons. The molecule has 0 saturated carbocycles. The molecule has 1 amide bonds. The number of methoxy groups -OCH3 is 1. The van der Waals surface area contributed by atoms with E-state index in [1.165, 1.54) is 7.11 Å². The topological polar surface area (TPSA) is 88.3 Å². The Morgan fingerprint density at radius 2 is 2.12 bits per heavy atom. The van der Waals surface area contributed by atoms with Crippen molar-refractivity contribution < 1.29 is 14.3 Å². The Kier molecular flexibility index (Phi) is 5.09. The van der Waals surface area contributed by atoms with E-state index in [0.717, 1.165) is 12.8 Å². The van der Waals surface area contributed by atoms with Crippen molar-refractivity contribution in [2.24, 2.45) is 0 Å². The van der Waals surface area contributed by atoms with E-state index in [1.54, 1.807) is 41.4 Å². The summed E-state index contributed by atoms with van der Waals surface area (Å²) in [5.41, 5.74) is 1.03. The van der Waals surface area contributed by atoms with Gasteiger partial charge in [0, 0.05) is 43.8 Å². The van der Waals surface area contributed by atoms with Gasteiger partial charge >= 0.3 is 6.01 Å². The maximum Gasteiger partial charge on any atom is 0.319 e. The van der Waals surface area contributed by atoms with Crippen LogP contribution in [0.3, 0.4) is 0 Å². The average molecular weight is 338 g/mol. The molecule has 1 aliphatic rings. The molecule has 0 bridgehead atoms. The summed E-state index contributed by atoms with van der Waals surface area (Å²) in [5, 5.41) is 8.96. The van der Waals surface area contributed by atoms with E-state index in [-0.39, 0.29) is 18.0 Å². The Morgan fingerprint density at radius 3 is 2.84 bits per heavy atom.